The van der Waals surface area contributed by atoms with E-state index >= 15 is 0 Å². The molecular formula is C19H23N3O4S. The molecule has 1 aromatic rings. The lowest BCUT2D eigenvalue weighted by atomic mass is 10.2. The number of nitrogens with zero attached hydrogens (tertiary/aromatic N) is 2. The number of anilines is 2. The first-order valence-electron chi connectivity index (χ1n) is 9.03. The number of esters is 1. The van der Waals surface area contributed by atoms with Crippen LogP contribution in [0.1, 0.15) is 19.8 Å². The van der Waals surface area contributed by atoms with Gasteiger partial charge in [-0.3, -0.25) is 14.5 Å². The summed E-state index contributed by atoms with van der Waals surface area (Å²) in [7, 11) is 0. The van der Waals surface area contributed by atoms with Crippen molar-refractivity contribution < 1.29 is 19.1 Å². The maximum Gasteiger partial charge on any atom is 0.333 e. The Labute approximate surface area is 162 Å². The molecule has 2 aliphatic heterocycles. The lowest BCUT2D eigenvalue weighted by Crippen LogP contribution is -2.34. The zero-order valence-corrected chi connectivity index (χ0v) is 16.1. The summed E-state index contributed by atoms with van der Waals surface area (Å²) >= 11 is 1.23. The quantitative estimate of drug-likeness (QED) is 0.594. The Hall–Kier alpha value is -2.48. The molecule has 27 heavy (non-hydrogen) atoms. The molecule has 2 heterocycles. The minimum Gasteiger partial charge on any atom is -0.463 e. The van der Waals surface area contributed by atoms with Gasteiger partial charge in [0.1, 0.15) is 6.54 Å². The van der Waals surface area contributed by atoms with Crippen LogP contribution in [-0.4, -0.2) is 54.7 Å². The van der Waals surface area contributed by atoms with Crippen molar-refractivity contribution in [3.63, 3.8) is 0 Å². The highest BCUT2D eigenvalue weighted by Gasteiger charge is 2.29. The SMILES string of the molecule is CCOC(=O)C=C1SCC(=O)N1CC(=O)Nc1ccc(N2CCCC2)cc1. The average molecular weight is 389 g/mol. The fraction of sp³-hybridized carbons (Fsp3) is 0.421. The van der Waals surface area contributed by atoms with E-state index in [1.54, 1.807) is 6.92 Å². The minimum absolute atomic E-state index is 0.134. The van der Waals surface area contributed by atoms with Gasteiger partial charge in [-0.2, -0.15) is 0 Å². The fourth-order valence-corrected chi connectivity index (χ4v) is 3.99. The van der Waals surface area contributed by atoms with Crippen LogP contribution in [0.3, 0.4) is 0 Å². The Bertz CT molecular complexity index is 742. The van der Waals surface area contributed by atoms with E-state index in [2.05, 4.69) is 10.2 Å². The van der Waals surface area contributed by atoms with Crippen LogP contribution in [0.15, 0.2) is 35.4 Å². The number of carbonyl (C=O) groups is 3. The van der Waals surface area contributed by atoms with Gasteiger partial charge < -0.3 is 15.0 Å². The molecule has 0 aromatic heterocycles. The third-order valence-electron chi connectivity index (χ3n) is 4.36. The molecule has 0 atom stereocenters. The number of nitrogens with one attached hydrogen (secondary N) is 1. The van der Waals surface area contributed by atoms with Crippen molar-refractivity contribution >= 4 is 40.9 Å². The molecule has 144 valence electrons. The molecule has 0 spiro atoms. The lowest BCUT2D eigenvalue weighted by Gasteiger charge is -2.19. The molecule has 0 aliphatic carbocycles. The van der Waals surface area contributed by atoms with Crippen LogP contribution in [-0.2, 0) is 19.1 Å². The minimum atomic E-state index is -0.516. The first-order valence-corrected chi connectivity index (χ1v) is 10.0. The molecule has 7 nitrogen and oxygen atoms in total. The highest BCUT2D eigenvalue weighted by atomic mass is 32.2. The number of thioether (sulfide) groups is 1. The number of hydrogen-bond donors (Lipinski definition) is 1. The summed E-state index contributed by atoms with van der Waals surface area (Å²) in [5.74, 6) is -0.814. The standard InChI is InChI=1S/C19H23N3O4S/c1-2-26-19(25)11-18-22(17(24)13-27-18)12-16(23)20-14-5-7-15(8-6-14)21-9-3-4-10-21/h5-8,11H,2-4,9-10,12-13H2,1H3,(H,20,23). The summed E-state index contributed by atoms with van der Waals surface area (Å²) in [5.41, 5.74) is 1.83. The maximum absolute atomic E-state index is 12.3. The van der Waals surface area contributed by atoms with Crippen molar-refractivity contribution in [3.8, 4) is 0 Å². The zero-order valence-electron chi connectivity index (χ0n) is 15.3. The first kappa shape index (κ1) is 19.3. The van der Waals surface area contributed by atoms with Gasteiger partial charge in [-0.25, -0.2) is 4.79 Å². The first-order chi connectivity index (χ1) is 13.1. The highest BCUT2D eigenvalue weighted by Crippen LogP contribution is 2.28. The van der Waals surface area contributed by atoms with E-state index in [0.29, 0.717) is 10.7 Å². The average Bonchev–Trinajstić information content (AvgIpc) is 3.28. The smallest absolute Gasteiger partial charge is 0.333 e. The normalized spacial score (nSPS) is 18.3. The van der Waals surface area contributed by atoms with Crippen molar-refractivity contribution in [2.24, 2.45) is 0 Å². The van der Waals surface area contributed by atoms with Gasteiger partial charge in [-0.05, 0) is 44.0 Å². The second-order valence-electron chi connectivity index (χ2n) is 6.29. The Morgan fingerprint density at radius 3 is 2.59 bits per heavy atom. The number of carbonyl (C=O) groups excluding carboxylic acids is 3. The summed E-state index contributed by atoms with van der Waals surface area (Å²) in [4.78, 5) is 39.6. The molecule has 2 saturated heterocycles. The van der Waals surface area contributed by atoms with Crippen molar-refractivity contribution in [2.75, 3.05) is 42.2 Å². The summed E-state index contributed by atoms with van der Waals surface area (Å²) in [6.45, 7) is 3.97. The van der Waals surface area contributed by atoms with Gasteiger partial charge in [-0.1, -0.05) is 11.8 Å². The number of amides is 2. The van der Waals surface area contributed by atoms with E-state index in [9.17, 15) is 14.4 Å². The molecule has 2 fully saturated rings. The van der Waals surface area contributed by atoms with E-state index in [1.807, 2.05) is 24.3 Å². The van der Waals surface area contributed by atoms with Crippen LogP contribution in [0.5, 0.6) is 0 Å². The van der Waals surface area contributed by atoms with Gasteiger partial charge in [0.15, 0.2) is 0 Å². The van der Waals surface area contributed by atoms with Crippen molar-refractivity contribution in [1.29, 1.82) is 0 Å². The predicted molar refractivity (Wildman–Crippen MR) is 105 cm³/mol. The maximum atomic E-state index is 12.3. The summed E-state index contributed by atoms with van der Waals surface area (Å²) in [5, 5.41) is 3.24. The van der Waals surface area contributed by atoms with Crippen LogP contribution < -0.4 is 10.2 Å². The van der Waals surface area contributed by atoms with Crippen molar-refractivity contribution in [1.82, 2.24) is 4.90 Å². The molecule has 1 N–H and O–H groups in total. The largest absolute Gasteiger partial charge is 0.463 e. The predicted octanol–water partition coefficient (Wildman–Crippen LogP) is 2.21. The van der Waals surface area contributed by atoms with Gasteiger partial charge in [0.05, 0.1) is 23.5 Å². The third-order valence-corrected chi connectivity index (χ3v) is 5.39. The molecule has 2 aliphatic rings. The van der Waals surface area contributed by atoms with Crippen LogP contribution in [0, 0.1) is 0 Å². The van der Waals surface area contributed by atoms with Crippen molar-refractivity contribution in [2.45, 2.75) is 19.8 Å². The van der Waals surface area contributed by atoms with Crippen LogP contribution in [0.25, 0.3) is 0 Å². The second-order valence-corrected chi connectivity index (χ2v) is 7.29. The van der Waals surface area contributed by atoms with Crippen LogP contribution >= 0.6 is 11.8 Å². The summed E-state index contributed by atoms with van der Waals surface area (Å²) < 4.78 is 4.87. The van der Waals surface area contributed by atoms with Gasteiger partial charge in [0.25, 0.3) is 0 Å². The molecular weight excluding hydrogens is 366 g/mol. The third kappa shape index (κ3) is 5.03. The molecule has 0 bridgehead atoms. The van der Waals surface area contributed by atoms with Crippen LogP contribution in [0.2, 0.25) is 0 Å². The number of rotatable bonds is 6. The van der Waals surface area contributed by atoms with E-state index in [4.69, 9.17) is 4.74 Å². The van der Waals surface area contributed by atoms with E-state index in [-0.39, 0.29) is 30.7 Å². The van der Waals surface area contributed by atoms with E-state index < -0.39 is 5.97 Å². The molecule has 1 aromatic carbocycles. The molecule has 0 unspecified atom stereocenters. The van der Waals surface area contributed by atoms with Crippen molar-refractivity contribution in [3.05, 3.63) is 35.4 Å². The van der Waals surface area contributed by atoms with Gasteiger partial charge in [0.2, 0.25) is 11.8 Å². The molecule has 2 amide bonds. The van der Waals surface area contributed by atoms with E-state index in [0.717, 1.165) is 18.8 Å². The Morgan fingerprint density at radius 2 is 1.93 bits per heavy atom. The van der Waals surface area contributed by atoms with Gasteiger partial charge in [0, 0.05) is 24.5 Å². The fourth-order valence-electron chi connectivity index (χ4n) is 3.06. The van der Waals surface area contributed by atoms with E-state index in [1.165, 1.54) is 35.6 Å². The number of hydrogen-bond acceptors (Lipinski definition) is 6. The summed E-state index contributed by atoms with van der Waals surface area (Å²) in [6.07, 6.45) is 3.68. The van der Waals surface area contributed by atoms with Gasteiger partial charge in [-0.15, -0.1) is 0 Å². The molecule has 3 rings (SSSR count). The topological polar surface area (TPSA) is 79.0 Å². The Balaban J connectivity index is 1.59. The Morgan fingerprint density at radius 1 is 1.22 bits per heavy atom. The molecule has 0 saturated carbocycles. The zero-order chi connectivity index (χ0) is 19.2. The molecule has 8 heteroatoms. The Kier molecular flexibility index (Phi) is 6.39. The lowest BCUT2D eigenvalue weighted by molar-refractivity contribution is -0.137. The van der Waals surface area contributed by atoms with Crippen LogP contribution in [0.4, 0.5) is 11.4 Å². The summed E-state index contributed by atoms with van der Waals surface area (Å²) in [6, 6.07) is 7.71. The highest BCUT2D eigenvalue weighted by molar-refractivity contribution is 8.04. The van der Waals surface area contributed by atoms with Gasteiger partial charge >= 0.3 is 5.97 Å². The number of benzene rings is 1. The number of ether oxygens (including phenoxy) is 1. The second kappa shape index (κ2) is 8.94. The molecule has 0 radical (unpaired) electrons. The monoisotopic (exact) mass is 389 g/mol.